The molecule has 0 N–H and O–H groups in total. The molecule has 1 amide bonds. The summed E-state index contributed by atoms with van der Waals surface area (Å²) in [5.74, 6) is 0. The lowest BCUT2D eigenvalue weighted by Crippen LogP contribution is -2.29. The number of nitrogens with zero attached hydrogens (tertiary/aromatic N) is 1. The highest BCUT2D eigenvalue weighted by molar-refractivity contribution is 5.69. The molecule has 1 rings (SSSR count). The van der Waals surface area contributed by atoms with E-state index in [2.05, 4.69) is 11.3 Å². The van der Waals surface area contributed by atoms with Crippen LogP contribution in [-0.4, -0.2) is 24.6 Å². The first-order valence-electron chi connectivity index (χ1n) is 4.36. The molecule has 0 spiro atoms. The van der Waals surface area contributed by atoms with Crippen molar-refractivity contribution in [2.24, 2.45) is 0 Å². The normalized spacial score (nSPS) is 16.5. The van der Waals surface area contributed by atoms with Gasteiger partial charge in [0.05, 0.1) is 7.11 Å². The second-order valence-corrected chi connectivity index (χ2v) is 3.20. The van der Waals surface area contributed by atoms with E-state index in [4.69, 9.17) is 0 Å². The van der Waals surface area contributed by atoms with Gasteiger partial charge in [-0.3, -0.25) is 4.90 Å². The molecule has 3 heteroatoms. The molecular formula is C10H15NO2. The van der Waals surface area contributed by atoms with Crippen molar-refractivity contribution in [1.29, 1.82) is 0 Å². The SMILES string of the molecule is C=C(C)C1=CN(C(=O)OC)CCC1. The number of allylic oxidation sites excluding steroid dienone is 2. The van der Waals surface area contributed by atoms with Crippen LogP contribution in [0.4, 0.5) is 4.79 Å². The number of hydrogen-bond donors (Lipinski definition) is 0. The first-order valence-corrected chi connectivity index (χ1v) is 4.36. The predicted molar refractivity (Wildman–Crippen MR) is 51.2 cm³/mol. The van der Waals surface area contributed by atoms with Crippen LogP contribution in [0.1, 0.15) is 19.8 Å². The van der Waals surface area contributed by atoms with E-state index in [-0.39, 0.29) is 6.09 Å². The summed E-state index contributed by atoms with van der Waals surface area (Å²) in [6.45, 7) is 6.54. The van der Waals surface area contributed by atoms with Crippen molar-refractivity contribution in [2.45, 2.75) is 19.8 Å². The van der Waals surface area contributed by atoms with E-state index in [0.29, 0.717) is 0 Å². The van der Waals surface area contributed by atoms with Gasteiger partial charge in [-0.25, -0.2) is 4.79 Å². The fraction of sp³-hybridized carbons (Fsp3) is 0.500. The van der Waals surface area contributed by atoms with Crippen molar-refractivity contribution in [3.05, 3.63) is 23.9 Å². The van der Waals surface area contributed by atoms with E-state index in [1.165, 1.54) is 7.11 Å². The molecule has 1 aliphatic heterocycles. The van der Waals surface area contributed by atoms with Crippen LogP contribution in [0.2, 0.25) is 0 Å². The summed E-state index contributed by atoms with van der Waals surface area (Å²) < 4.78 is 4.63. The summed E-state index contributed by atoms with van der Waals surface area (Å²) >= 11 is 0. The third-order valence-corrected chi connectivity index (χ3v) is 2.11. The van der Waals surface area contributed by atoms with Gasteiger partial charge >= 0.3 is 6.09 Å². The van der Waals surface area contributed by atoms with Crippen LogP contribution in [-0.2, 0) is 4.74 Å². The third kappa shape index (κ3) is 2.34. The Balaban J connectivity index is 2.73. The quantitative estimate of drug-likeness (QED) is 0.621. The number of rotatable bonds is 1. The monoisotopic (exact) mass is 181 g/mol. The van der Waals surface area contributed by atoms with E-state index in [9.17, 15) is 4.79 Å². The predicted octanol–water partition coefficient (Wildman–Crippen LogP) is 2.31. The van der Waals surface area contributed by atoms with E-state index in [0.717, 1.165) is 30.5 Å². The Morgan fingerprint density at radius 2 is 2.38 bits per heavy atom. The van der Waals surface area contributed by atoms with Crippen LogP contribution in [0.25, 0.3) is 0 Å². The van der Waals surface area contributed by atoms with E-state index in [1.54, 1.807) is 4.90 Å². The Morgan fingerprint density at radius 1 is 1.69 bits per heavy atom. The van der Waals surface area contributed by atoms with Gasteiger partial charge < -0.3 is 4.74 Å². The molecule has 0 aromatic rings. The molecule has 0 radical (unpaired) electrons. The van der Waals surface area contributed by atoms with Crippen LogP contribution in [0, 0.1) is 0 Å². The number of hydrogen-bond acceptors (Lipinski definition) is 2. The number of amides is 1. The minimum absolute atomic E-state index is 0.293. The number of carbonyl (C=O) groups excluding carboxylic acids is 1. The standard InChI is InChI=1S/C10H15NO2/c1-8(2)9-5-4-6-11(7-9)10(12)13-3/h7H,1,4-6H2,2-3H3. The summed E-state index contributed by atoms with van der Waals surface area (Å²) in [4.78, 5) is 12.8. The molecule has 72 valence electrons. The lowest BCUT2D eigenvalue weighted by Gasteiger charge is -2.23. The Bertz CT molecular complexity index is 256. The summed E-state index contributed by atoms with van der Waals surface area (Å²) in [6, 6.07) is 0. The molecule has 0 bridgehead atoms. The van der Waals surface area contributed by atoms with Crippen molar-refractivity contribution in [3.63, 3.8) is 0 Å². The molecule has 0 aromatic carbocycles. The lowest BCUT2D eigenvalue weighted by atomic mass is 10.0. The van der Waals surface area contributed by atoms with Crippen molar-refractivity contribution >= 4 is 6.09 Å². The molecule has 0 atom stereocenters. The zero-order valence-corrected chi connectivity index (χ0v) is 8.17. The molecule has 3 nitrogen and oxygen atoms in total. The largest absolute Gasteiger partial charge is 0.452 e. The summed E-state index contributed by atoms with van der Waals surface area (Å²) in [6.07, 6.45) is 3.52. The molecule has 0 unspecified atom stereocenters. The van der Waals surface area contributed by atoms with Gasteiger partial charge in [0.25, 0.3) is 0 Å². The Kier molecular flexibility index (Phi) is 3.12. The van der Waals surface area contributed by atoms with Crippen LogP contribution in [0.15, 0.2) is 23.9 Å². The van der Waals surface area contributed by atoms with Gasteiger partial charge in [0, 0.05) is 12.7 Å². The maximum atomic E-state index is 11.2. The highest BCUT2D eigenvalue weighted by Gasteiger charge is 2.16. The molecular weight excluding hydrogens is 166 g/mol. The van der Waals surface area contributed by atoms with Gasteiger partial charge in [-0.2, -0.15) is 0 Å². The van der Waals surface area contributed by atoms with Crippen molar-refractivity contribution in [2.75, 3.05) is 13.7 Å². The number of carbonyl (C=O) groups is 1. The highest BCUT2D eigenvalue weighted by atomic mass is 16.5. The second kappa shape index (κ2) is 4.12. The van der Waals surface area contributed by atoms with E-state index < -0.39 is 0 Å². The van der Waals surface area contributed by atoms with Gasteiger partial charge in [-0.1, -0.05) is 12.2 Å². The molecule has 0 aromatic heterocycles. The fourth-order valence-corrected chi connectivity index (χ4v) is 1.34. The molecule has 1 aliphatic rings. The van der Waals surface area contributed by atoms with Crippen molar-refractivity contribution in [3.8, 4) is 0 Å². The van der Waals surface area contributed by atoms with Gasteiger partial charge in [-0.15, -0.1) is 0 Å². The zero-order chi connectivity index (χ0) is 9.84. The Morgan fingerprint density at radius 3 is 2.92 bits per heavy atom. The maximum absolute atomic E-state index is 11.2. The second-order valence-electron chi connectivity index (χ2n) is 3.20. The van der Waals surface area contributed by atoms with Gasteiger partial charge in [0.1, 0.15) is 0 Å². The van der Waals surface area contributed by atoms with E-state index >= 15 is 0 Å². The average Bonchev–Trinajstić information content (AvgIpc) is 2.17. The minimum Gasteiger partial charge on any atom is -0.452 e. The molecule has 0 fully saturated rings. The number of methoxy groups -OCH3 is 1. The van der Waals surface area contributed by atoms with Gasteiger partial charge in [0.15, 0.2) is 0 Å². The zero-order valence-electron chi connectivity index (χ0n) is 8.17. The van der Waals surface area contributed by atoms with Crippen LogP contribution < -0.4 is 0 Å². The number of ether oxygens (including phenoxy) is 1. The van der Waals surface area contributed by atoms with Gasteiger partial charge in [0.2, 0.25) is 0 Å². The molecule has 1 heterocycles. The van der Waals surface area contributed by atoms with Crippen molar-refractivity contribution in [1.82, 2.24) is 4.90 Å². The molecule has 0 aliphatic carbocycles. The first-order chi connectivity index (χ1) is 6.15. The first kappa shape index (κ1) is 9.84. The Hall–Kier alpha value is -1.25. The average molecular weight is 181 g/mol. The topological polar surface area (TPSA) is 29.5 Å². The van der Waals surface area contributed by atoms with E-state index in [1.807, 2.05) is 13.1 Å². The highest BCUT2D eigenvalue weighted by Crippen LogP contribution is 2.20. The minimum atomic E-state index is -0.293. The molecule has 13 heavy (non-hydrogen) atoms. The fourth-order valence-electron chi connectivity index (χ4n) is 1.34. The molecule has 0 saturated carbocycles. The van der Waals surface area contributed by atoms with Crippen LogP contribution in [0.5, 0.6) is 0 Å². The summed E-state index contributed by atoms with van der Waals surface area (Å²) in [5.41, 5.74) is 2.16. The summed E-state index contributed by atoms with van der Waals surface area (Å²) in [7, 11) is 1.39. The maximum Gasteiger partial charge on any atom is 0.413 e. The van der Waals surface area contributed by atoms with Gasteiger partial charge in [-0.05, 0) is 25.3 Å². The third-order valence-electron chi connectivity index (χ3n) is 2.11. The smallest absolute Gasteiger partial charge is 0.413 e. The van der Waals surface area contributed by atoms with Crippen LogP contribution in [0.3, 0.4) is 0 Å². The van der Waals surface area contributed by atoms with Crippen molar-refractivity contribution < 1.29 is 9.53 Å². The summed E-state index contributed by atoms with van der Waals surface area (Å²) in [5, 5.41) is 0. The lowest BCUT2D eigenvalue weighted by molar-refractivity contribution is 0.137. The Labute approximate surface area is 78.7 Å². The van der Waals surface area contributed by atoms with Crippen LogP contribution >= 0.6 is 0 Å². The molecule has 0 saturated heterocycles.